The summed E-state index contributed by atoms with van der Waals surface area (Å²) in [5.74, 6) is -0.353. The Morgan fingerprint density at radius 2 is 1.95 bits per heavy atom. The Hall–Kier alpha value is -1.36. The number of nitrogens with one attached hydrogen (secondary N) is 1. The number of thiocarbonyl (C=S) groups is 1. The number of benzene rings is 1. The number of anilines is 1. The zero-order chi connectivity index (χ0) is 15.5. The molecule has 2 N–H and O–H groups in total. The highest BCUT2D eigenvalue weighted by Gasteiger charge is 2.40. The van der Waals surface area contributed by atoms with Gasteiger partial charge >= 0.3 is 0 Å². The molecule has 0 saturated heterocycles. The highest BCUT2D eigenvalue weighted by molar-refractivity contribution is 7.82. The van der Waals surface area contributed by atoms with Crippen LogP contribution in [0.25, 0.3) is 0 Å². The van der Waals surface area contributed by atoms with E-state index in [9.17, 15) is 9.90 Å². The van der Waals surface area contributed by atoms with E-state index in [4.69, 9.17) is 35.4 Å². The molecule has 2 aliphatic rings. The van der Waals surface area contributed by atoms with Crippen molar-refractivity contribution in [3.05, 3.63) is 45.1 Å². The van der Waals surface area contributed by atoms with Crippen molar-refractivity contribution in [1.82, 2.24) is 0 Å². The molecule has 21 heavy (non-hydrogen) atoms. The summed E-state index contributed by atoms with van der Waals surface area (Å²) in [5, 5.41) is 13.5. The fourth-order valence-corrected chi connectivity index (χ4v) is 3.65. The van der Waals surface area contributed by atoms with Crippen molar-refractivity contribution in [2.24, 2.45) is 0 Å². The van der Waals surface area contributed by atoms with Gasteiger partial charge in [-0.2, -0.15) is 0 Å². The third-order valence-electron chi connectivity index (χ3n) is 3.85. The van der Waals surface area contributed by atoms with E-state index < -0.39 is 5.41 Å². The normalized spacial score (nSPS) is 19.2. The number of carbonyl (C=O) groups is 1. The molecule has 0 aromatic heterocycles. The lowest BCUT2D eigenvalue weighted by Gasteiger charge is -2.39. The average molecular weight is 340 g/mol. The molecule has 0 spiro atoms. The van der Waals surface area contributed by atoms with E-state index in [-0.39, 0.29) is 26.4 Å². The largest absolute Gasteiger partial charge is 0.505 e. The maximum Gasteiger partial charge on any atom is 0.197 e. The molecule has 0 radical (unpaired) electrons. The van der Waals surface area contributed by atoms with Crippen LogP contribution in [0.3, 0.4) is 0 Å². The smallest absolute Gasteiger partial charge is 0.197 e. The monoisotopic (exact) mass is 339 g/mol. The quantitative estimate of drug-likeness (QED) is 0.550. The van der Waals surface area contributed by atoms with Crippen LogP contribution in [0.1, 0.15) is 19.4 Å². The summed E-state index contributed by atoms with van der Waals surface area (Å²) >= 11 is 17.3. The van der Waals surface area contributed by atoms with E-state index >= 15 is 0 Å². The van der Waals surface area contributed by atoms with E-state index in [1.807, 2.05) is 13.8 Å². The van der Waals surface area contributed by atoms with Crippen molar-refractivity contribution in [2.75, 3.05) is 5.32 Å². The Morgan fingerprint density at radius 3 is 2.62 bits per heavy atom. The van der Waals surface area contributed by atoms with E-state index in [1.54, 1.807) is 12.1 Å². The maximum absolute atomic E-state index is 11.9. The number of rotatable bonds is 0. The average Bonchev–Trinajstić information content (AvgIpc) is 2.38. The summed E-state index contributed by atoms with van der Waals surface area (Å²) in [5.41, 5.74) is 2.40. The van der Waals surface area contributed by atoms with Crippen molar-refractivity contribution in [3.8, 4) is 5.75 Å². The Bertz CT molecular complexity index is 778. The minimum atomic E-state index is -0.558. The molecule has 1 aromatic carbocycles. The zero-order valence-corrected chi connectivity index (χ0v) is 13.6. The number of ketones is 1. The molecule has 1 aliphatic carbocycles. The standard InChI is InChI=1S/C15H11Cl2NO2S/c1-15(2)6-3-10(19)11(21)5-8(6)18-9-4-7(16)14(20)13(17)12(9)15/h3-5,18,20H,1-2H3. The number of phenolic OH excluding ortho intramolecular Hbond substituents is 1. The Balaban J connectivity index is 2.33. The molecular formula is C15H11Cl2NO2S. The topological polar surface area (TPSA) is 49.3 Å². The van der Waals surface area contributed by atoms with Crippen LogP contribution in [-0.4, -0.2) is 15.8 Å². The van der Waals surface area contributed by atoms with Crippen LogP contribution in [0.2, 0.25) is 10.0 Å². The van der Waals surface area contributed by atoms with Gasteiger partial charge in [0.15, 0.2) is 11.5 Å². The van der Waals surface area contributed by atoms with E-state index in [0.717, 1.165) is 11.3 Å². The molecule has 0 bridgehead atoms. The summed E-state index contributed by atoms with van der Waals surface area (Å²) in [6.07, 6.45) is 3.17. The van der Waals surface area contributed by atoms with Crippen molar-refractivity contribution < 1.29 is 9.90 Å². The minimum absolute atomic E-state index is 0.155. The molecule has 1 aromatic rings. The molecule has 1 heterocycles. The number of carbonyl (C=O) groups excluding carboxylic acids is 1. The first-order valence-corrected chi connectivity index (χ1v) is 7.41. The molecular weight excluding hydrogens is 329 g/mol. The number of halogens is 2. The van der Waals surface area contributed by atoms with Gasteiger partial charge in [0.05, 0.1) is 14.9 Å². The van der Waals surface area contributed by atoms with Crippen LogP contribution in [-0.2, 0) is 10.2 Å². The summed E-state index contributed by atoms with van der Waals surface area (Å²) in [6.45, 7) is 3.88. The van der Waals surface area contributed by atoms with Gasteiger partial charge in [0, 0.05) is 22.4 Å². The molecule has 3 rings (SSSR count). The molecule has 0 unspecified atom stereocenters. The fraction of sp³-hybridized carbons (Fsp3) is 0.200. The van der Waals surface area contributed by atoms with Crippen LogP contribution in [0, 0.1) is 0 Å². The predicted octanol–water partition coefficient (Wildman–Crippen LogP) is 4.17. The summed E-state index contributed by atoms with van der Waals surface area (Å²) in [7, 11) is 0. The van der Waals surface area contributed by atoms with Crippen molar-refractivity contribution in [3.63, 3.8) is 0 Å². The fourth-order valence-electron chi connectivity index (χ4n) is 2.78. The molecule has 0 fully saturated rings. The van der Waals surface area contributed by atoms with Gasteiger partial charge < -0.3 is 10.4 Å². The maximum atomic E-state index is 11.9. The van der Waals surface area contributed by atoms with E-state index in [1.165, 1.54) is 6.08 Å². The Morgan fingerprint density at radius 1 is 1.29 bits per heavy atom. The number of allylic oxidation sites excluding steroid dienone is 3. The molecule has 0 amide bonds. The number of phenols is 1. The second-order valence-corrected chi connectivity index (χ2v) is 6.76. The summed E-state index contributed by atoms with van der Waals surface area (Å²) in [6, 6.07) is 1.62. The third-order valence-corrected chi connectivity index (χ3v) is 4.82. The number of hydrogen-bond acceptors (Lipinski definition) is 4. The molecule has 6 heteroatoms. The van der Waals surface area contributed by atoms with Crippen LogP contribution < -0.4 is 5.32 Å². The summed E-state index contributed by atoms with van der Waals surface area (Å²) in [4.78, 5) is 12.1. The highest BCUT2D eigenvalue weighted by atomic mass is 35.5. The van der Waals surface area contributed by atoms with Crippen LogP contribution in [0.5, 0.6) is 5.75 Å². The van der Waals surface area contributed by atoms with Crippen molar-refractivity contribution >= 4 is 51.8 Å². The SMILES string of the molecule is CC1(C)C2=CC(=O)C(=S)C=C2Nc2cc(Cl)c(O)c(Cl)c21. The number of fused-ring (bicyclic) bond motifs is 2. The predicted molar refractivity (Wildman–Crippen MR) is 88.5 cm³/mol. The first-order valence-electron chi connectivity index (χ1n) is 6.24. The Labute approximate surface area is 137 Å². The second kappa shape index (κ2) is 4.57. The highest BCUT2D eigenvalue weighted by Crippen LogP contribution is 2.52. The van der Waals surface area contributed by atoms with E-state index in [0.29, 0.717) is 11.3 Å². The molecule has 108 valence electrons. The van der Waals surface area contributed by atoms with Crippen molar-refractivity contribution in [1.29, 1.82) is 0 Å². The van der Waals surface area contributed by atoms with E-state index in [2.05, 4.69) is 5.32 Å². The van der Waals surface area contributed by atoms with Gasteiger partial charge in [0.2, 0.25) is 0 Å². The first-order chi connectivity index (χ1) is 9.73. The molecule has 0 atom stereocenters. The summed E-state index contributed by atoms with van der Waals surface area (Å²) < 4.78 is 0. The van der Waals surface area contributed by atoms with Gasteiger partial charge in [-0.25, -0.2) is 0 Å². The van der Waals surface area contributed by atoms with Crippen LogP contribution >= 0.6 is 35.4 Å². The van der Waals surface area contributed by atoms with Crippen LogP contribution in [0.15, 0.2) is 29.5 Å². The van der Waals surface area contributed by atoms with Crippen LogP contribution in [0.4, 0.5) is 5.69 Å². The van der Waals surface area contributed by atoms with Gasteiger partial charge in [0.25, 0.3) is 0 Å². The third kappa shape index (κ3) is 2.01. The lowest BCUT2D eigenvalue weighted by Crippen LogP contribution is -2.34. The van der Waals surface area contributed by atoms with Gasteiger partial charge in [0.1, 0.15) is 0 Å². The lowest BCUT2D eigenvalue weighted by molar-refractivity contribution is -0.108. The molecule has 3 nitrogen and oxygen atoms in total. The Kier molecular flexibility index (Phi) is 3.17. The van der Waals surface area contributed by atoms with Gasteiger partial charge in [-0.15, -0.1) is 0 Å². The lowest BCUT2D eigenvalue weighted by atomic mass is 9.71. The molecule has 0 saturated carbocycles. The van der Waals surface area contributed by atoms with Crippen molar-refractivity contribution in [2.45, 2.75) is 19.3 Å². The number of hydrogen-bond donors (Lipinski definition) is 2. The zero-order valence-electron chi connectivity index (χ0n) is 11.3. The van der Waals surface area contributed by atoms with Gasteiger partial charge in [-0.1, -0.05) is 49.3 Å². The molecule has 1 aliphatic heterocycles. The first kappa shape index (κ1) is 14.6. The number of aromatic hydroxyl groups is 1. The van der Waals surface area contributed by atoms with Gasteiger partial charge in [-0.3, -0.25) is 4.79 Å². The minimum Gasteiger partial charge on any atom is -0.505 e. The second-order valence-electron chi connectivity index (χ2n) is 5.54. The van der Waals surface area contributed by atoms with Gasteiger partial charge in [-0.05, 0) is 23.8 Å².